The van der Waals surface area contributed by atoms with Crippen LogP contribution in [0.3, 0.4) is 0 Å². The Labute approximate surface area is 137 Å². The Bertz CT molecular complexity index is 952. The van der Waals surface area contributed by atoms with Gasteiger partial charge in [-0.25, -0.2) is 9.97 Å². The van der Waals surface area contributed by atoms with E-state index in [0.717, 1.165) is 0 Å². The van der Waals surface area contributed by atoms with Gasteiger partial charge in [-0.3, -0.25) is 9.59 Å². The van der Waals surface area contributed by atoms with E-state index < -0.39 is 0 Å². The molecule has 0 aliphatic heterocycles. The highest BCUT2D eigenvalue weighted by molar-refractivity contribution is 5.94. The zero-order valence-corrected chi connectivity index (χ0v) is 13.3. The Morgan fingerprint density at radius 2 is 2.08 bits per heavy atom. The summed E-state index contributed by atoms with van der Waals surface area (Å²) in [6, 6.07) is 10.3. The standard InChI is InChI=1S/C17H16N4O3/c1-21(17(23)11-7-8-18-15(9-11)24-2)10-14-19-13-6-4-3-5-12(13)16(22)20-14/h3-9H,10H2,1-2H3,(H,19,20,22). The molecule has 1 amide bonds. The minimum atomic E-state index is -0.220. The average Bonchev–Trinajstić information content (AvgIpc) is 2.61. The molecule has 0 saturated carbocycles. The quantitative estimate of drug-likeness (QED) is 0.787. The van der Waals surface area contributed by atoms with Crippen LogP contribution in [0.2, 0.25) is 0 Å². The number of fused-ring (bicyclic) bond motifs is 1. The minimum absolute atomic E-state index is 0.184. The fourth-order valence-corrected chi connectivity index (χ4v) is 2.38. The number of para-hydroxylation sites is 1. The number of methoxy groups -OCH3 is 1. The van der Waals surface area contributed by atoms with E-state index in [-0.39, 0.29) is 18.0 Å². The summed E-state index contributed by atoms with van der Waals surface area (Å²) in [6.45, 7) is 0.184. The predicted octanol–water partition coefficient (Wildman–Crippen LogP) is 1.60. The van der Waals surface area contributed by atoms with Crippen molar-refractivity contribution in [2.45, 2.75) is 6.54 Å². The fourth-order valence-electron chi connectivity index (χ4n) is 2.38. The monoisotopic (exact) mass is 324 g/mol. The smallest absolute Gasteiger partial charge is 0.258 e. The summed E-state index contributed by atoms with van der Waals surface area (Å²) in [6.07, 6.45) is 1.51. The van der Waals surface area contributed by atoms with E-state index in [1.165, 1.54) is 18.2 Å². The van der Waals surface area contributed by atoms with Gasteiger partial charge in [-0.15, -0.1) is 0 Å². The first kappa shape index (κ1) is 15.7. The molecule has 1 aromatic carbocycles. The molecule has 3 aromatic rings. The largest absolute Gasteiger partial charge is 0.481 e. The Hall–Kier alpha value is -3.22. The van der Waals surface area contributed by atoms with E-state index >= 15 is 0 Å². The summed E-state index contributed by atoms with van der Waals surface area (Å²) < 4.78 is 5.03. The molecular weight excluding hydrogens is 308 g/mol. The van der Waals surface area contributed by atoms with Crippen LogP contribution in [0.1, 0.15) is 16.2 Å². The van der Waals surface area contributed by atoms with Gasteiger partial charge in [-0.2, -0.15) is 0 Å². The number of rotatable bonds is 4. The number of nitrogens with zero attached hydrogens (tertiary/aromatic N) is 3. The summed E-state index contributed by atoms with van der Waals surface area (Å²) in [5.41, 5.74) is 0.831. The van der Waals surface area contributed by atoms with Gasteiger partial charge in [-0.05, 0) is 18.2 Å². The lowest BCUT2D eigenvalue weighted by atomic mass is 10.2. The first-order valence-corrected chi connectivity index (χ1v) is 7.32. The maximum absolute atomic E-state index is 12.5. The fraction of sp³-hybridized carbons (Fsp3) is 0.176. The first-order valence-electron chi connectivity index (χ1n) is 7.32. The van der Waals surface area contributed by atoms with Crippen LogP contribution in [0.25, 0.3) is 10.9 Å². The Morgan fingerprint density at radius 3 is 2.88 bits per heavy atom. The zero-order chi connectivity index (χ0) is 17.1. The zero-order valence-electron chi connectivity index (χ0n) is 13.3. The topological polar surface area (TPSA) is 88.2 Å². The number of hydrogen-bond donors (Lipinski definition) is 1. The van der Waals surface area contributed by atoms with Crippen LogP contribution >= 0.6 is 0 Å². The highest BCUT2D eigenvalue weighted by Crippen LogP contribution is 2.12. The number of hydrogen-bond acceptors (Lipinski definition) is 5. The van der Waals surface area contributed by atoms with Crippen molar-refractivity contribution in [1.29, 1.82) is 0 Å². The molecular formula is C17H16N4O3. The molecule has 0 aliphatic rings. The van der Waals surface area contributed by atoms with Crippen LogP contribution in [0.4, 0.5) is 0 Å². The molecule has 0 radical (unpaired) electrons. The van der Waals surface area contributed by atoms with Crippen molar-refractivity contribution >= 4 is 16.8 Å². The summed E-state index contributed by atoms with van der Waals surface area (Å²) in [5, 5.41) is 0.522. The number of nitrogens with one attached hydrogen (secondary N) is 1. The third-order valence-corrected chi connectivity index (χ3v) is 3.59. The predicted molar refractivity (Wildman–Crippen MR) is 89.0 cm³/mol. The van der Waals surface area contributed by atoms with Gasteiger partial charge in [0.15, 0.2) is 0 Å². The van der Waals surface area contributed by atoms with Crippen LogP contribution in [0.15, 0.2) is 47.4 Å². The molecule has 24 heavy (non-hydrogen) atoms. The molecule has 0 aliphatic carbocycles. The lowest BCUT2D eigenvalue weighted by molar-refractivity contribution is 0.0781. The van der Waals surface area contributed by atoms with E-state index in [9.17, 15) is 9.59 Å². The molecule has 0 unspecified atom stereocenters. The molecule has 7 heteroatoms. The molecule has 3 rings (SSSR count). The van der Waals surface area contributed by atoms with Gasteiger partial charge in [0.05, 0.1) is 24.6 Å². The van der Waals surface area contributed by atoms with Gasteiger partial charge < -0.3 is 14.6 Å². The molecule has 0 bridgehead atoms. The Balaban J connectivity index is 1.85. The van der Waals surface area contributed by atoms with Gasteiger partial charge >= 0.3 is 0 Å². The lowest BCUT2D eigenvalue weighted by Crippen LogP contribution is -2.28. The Morgan fingerprint density at radius 1 is 1.29 bits per heavy atom. The molecule has 7 nitrogen and oxygen atoms in total. The van der Waals surface area contributed by atoms with E-state index in [4.69, 9.17) is 4.74 Å². The van der Waals surface area contributed by atoms with Gasteiger partial charge in [-0.1, -0.05) is 12.1 Å². The van der Waals surface area contributed by atoms with Crippen LogP contribution in [0, 0.1) is 0 Å². The van der Waals surface area contributed by atoms with Crippen molar-refractivity contribution < 1.29 is 9.53 Å². The van der Waals surface area contributed by atoms with Crippen molar-refractivity contribution in [1.82, 2.24) is 19.9 Å². The lowest BCUT2D eigenvalue weighted by Gasteiger charge is -2.17. The van der Waals surface area contributed by atoms with Crippen LogP contribution in [0.5, 0.6) is 5.88 Å². The van der Waals surface area contributed by atoms with Crippen molar-refractivity contribution in [3.8, 4) is 5.88 Å². The van der Waals surface area contributed by atoms with Gasteiger partial charge in [0.1, 0.15) is 5.82 Å². The number of aromatic nitrogens is 3. The number of H-pyrrole nitrogens is 1. The van der Waals surface area contributed by atoms with E-state index in [2.05, 4.69) is 15.0 Å². The molecule has 122 valence electrons. The second-order valence-corrected chi connectivity index (χ2v) is 5.28. The number of benzene rings is 1. The summed E-state index contributed by atoms with van der Waals surface area (Å²) in [5.74, 6) is 0.577. The normalized spacial score (nSPS) is 10.6. The number of amides is 1. The summed E-state index contributed by atoms with van der Waals surface area (Å²) >= 11 is 0. The number of aromatic amines is 1. The van der Waals surface area contributed by atoms with Crippen molar-refractivity contribution in [3.63, 3.8) is 0 Å². The third-order valence-electron chi connectivity index (χ3n) is 3.59. The van der Waals surface area contributed by atoms with Crippen molar-refractivity contribution in [2.24, 2.45) is 0 Å². The molecule has 0 fully saturated rings. The van der Waals surface area contributed by atoms with Crippen molar-refractivity contribution in [2.75, 3.05) is 14.2 Å². The number of carbonyl (C=O) groups excluding carboxylic acids is 1. The number of pyridine rings is 1. The highest BCUT2D eigenvalue weighted by atomic mass is 16.5. The molecule has 2 heterocycles. The van der Waals surface area contributed by atoms with Gasteiger partial charge in [0.25, 0.3) is 11.5 Å². The molecule has 1 N–H and O–H groups in total. The summed E-state index contributed by atoms with van der Waals surface area (Å²) in [7, 11) is 3.13. The second kappa shape index (κ2) is 6.49. The third kappa shape index (κ3) is 3.10. The van der Waals surface area contributed by atoms with Crippen LogP contribution in [-0.2, 0) is 6.54 Å². The van der Waals surface area contributed by atoms with E-state index in [1.807, 2.05) is 6.07 Å². The van der Waals surface area contributed by atoms with Crippen LogP contribution < -0.4 is 10.3 Å². The SMILES string of the molecule is COc1cc(C(=O)N(C)Cc2nc3ccccc3c(=O)[nH]2)ccn1. The van der Waals surface area contributed by atoms with Crippen LogP contribution in [-0.4, -0.2) is 39.9 Å². The molecule has 0 spiro atoms. The first-order chi connectivity index (χ1) is 11.6. The molecule has 0 saturated heterocycles. The molecule has 0 atom stereocenters. The van der Waals surface area contributed by atoms with Crippen molar-refractivity contribution in [3.05, 3.63) is 64.3 Å². The summed E-state index contributed by atoms with van der Waals surface area (Å²) in [4.78, 5) is 37.1. The Kier molecular flexibility index (Phi) is 4.24. The van der Waals surface area contributed by atoms with Gasteiger partial charge in [0, 0.05) is 24.9 Å². The van der Waals surface area contributed by atoms with E-state index in [0.29, 0.717) is 28.2 Å². The van der Waals surface area contributed by atoms with Gasteiger partial charge in [0.2, 0.25) is 5.88 Å². The number of ether oxygens (including phenoxy) is 1. The maximum atomic E-state index is 12.5. The average molecular weight is 324 g/mol. The highest BCUT2D eigenvalue weighted by Gasteiger charge is 2.15. The van der Waals surface area contributed by atoms with E-state index in [1.54, 1.807) is 37.4 Å². The second-order valence-electron chi connectivity index (χ2n) is 5.28. The molecule has 2 aromatic heterocycles. The number of carbonyl (C=O) groups is 1. The maximum Gasteiger partial charge on any atom is 0.258 e. The minimum Gasteiger partial charge on any atom is -0.481 e.